The first-order valence-corrected chi connectivity index (χ1v) is 6.60. The maximum atomic E-state index is 11.8. The second-order valence-corrected chi connectivity index (χ2v) is 4.55. The van der Waals surface area contributed by atoms with E-state index in [2.05, 4.69) is 10.1 Å². The van der Waals surface area contributed by atoms with E-state index in [1.165, 1.54) is 0 Å². The summed E-state index contributed by atoms with van der Waals surface area (Å²) in [5.41, 5.74) is 7.48. The standard InChI is InChI=1S/C14H19F3N2O2/c15-14(16,17)10-21-8-6-13(20)19-9-12-3-1-11(2-4-12)5-7-18/h1-4H,5-10,18H2,(H,19,20). The molecule has 0 heterocycles. The molecule has 0 atom stereocenters. The number of amides is 1. The van der Waals surface area contributed by atoms with E-state index in [1.54, 1.807) is 0 Å². The number of rotatable bonds is 8. The van der Waals surface area contributed by atoms with Crippen molar-refractivity contribution in [2.24, 2.45) is 5.73 Å². The van der Waals surface area contributed by atoms with Gasteiger partial charge in [0.1, 0.15) is 6.61 Å². The van der Waals surface area contributed by atoms with Crippen LogP contribution in [0.2, 0.25) is 0 Å². The van der Waals surface area contributed by atoms with E-state index in [0.717, 1.165) is 17.5 Å². The van der Waals surface area contributed by atoms with Crippen LogP contribution in [0.15, 0.2) is 24.3 Å². The van der Waals surface area contributed by atoms with Gasteiger partial charge in [0.15, 0.2) is 0 Å². The van der Waals surface area contributed by atoms with E-state index >= 15 is 0 Å². The molecule has 0 aliphatic carbocycles. The number of carbonyl (C=O) groups is 1. The summed E-state index contributed by atoms with van der Waals surface area (Å²) in [6.45, 7) is -0.668. The summed E-state index contributed by atoms with van der Waals surface area (Å²) < 4.78 is 39.8. The van der Waals surface area contributed by atoms with Gasteiger partial charge in [-0.15, -0.1) is 0 Å². The highest BCUT2D eigenvalue weighted by molar-refractivity contribution is 5.75. The van der Waals surface area contributed by atoms with Gasteiger partial charge in [0, 0.05) is 13.0 Å². The van der Waals surface area contributed by atoms with E-state index in [1.807, 2.05) is 24.3 Å². The summed E-state index contributed by atoms with van der Waals surface area (Å²) in [6, 6.07) is 7.62. The van der Waals surface area contributed by atoms with Crippen molar-refractivity contribution in [1.29, 1.82) is 0 Å². The van der Waals surface area contributed by atoms with Gasteiger partial charge in [-0.2, -0.15) is 13.2 Å². The first-order chi connectivity index (χ1) is 9.90. The fraction of sp³-hybridized carbons (Fsp3) is 0.500. The average Bonchev–Trinajstić information content (AvgIpc) is 2.42. The predicted octanol–water partition coefficient (Wildman–Crippen LogP) is 1.77. The van der Waals surface area contributed by atoms with Crippen molar-refractivity contribution in [3.8, 4) is 0 Å². The monoisotopic (exact) mass is 304 g/mol. The van der Waals surface area contributed by atoms with Gasteiger partial charge in [-0.05, 0) is 24.1 Å². The molecule has 4 nitrogen and oxygen atoms in total. The van der Waals surface area contributed by atoms with Gasteiger partial charge in [-0.3, -0.25) is 4.79 Å². The van der Waals surface area contributed by atoms with E-state index in [-0.39, 0.29) is 18.9 Å². The van der Waals surface area contributed by atoms with Crippen LogP contribution in [0.5, 0.6) is 0 Å². The molecule has 1 aromatic rings. The first-order valence-electron chi connectivity index (χ1n) is 6.60. The molecule has 0 aromatic heterocycles. The van der Waals surface area contributed by atoms with Crippen LogP contribution in [-0.4, -0.2) is 31.8 Å². The Morgan fingerprint density at radius 2 is 1.81 bits per heavy atom. The molecule has 21 heavy (non-hydrogen) atoms. The zero-order chi connectivity index (χ0) is 15.7. The van der Waals surface area contributed by atoms with Crippen molar-refractivity contribution < 1.29 is 22.7 Å². The third-order valence-electron chi connectivity index (χ3n) is 2.68. The van der Waals surface area contributed by atoms with E-state index < -0.39 is 12.8 Å². The molecule has 0 fully saturated rings. The molecular formula is C14H19F3N2O2. The Morgan fingerprint density at radius 1 is 1.19 bits per heavy atom. The van der Waals surface area contributed by atoms with Crippen LogP contribution in [0, 0.1) is 0 Å². The first kappa shape index (κ1) is 17.5. The lowest BCUT2D eigenvalue weighted by Gasteiger charge is -2.08. The molecule has 0 unspecified atom stereocenters. The molecule has 1 aromatic carbocycles. The number of halogens is 3. The van der Waals surface area contributed by atoms with Crippen molar-refractivity contribution in [2.45, 2.75) is 25.6 Å². The molecule has 7 heteroatoms. The Kier molecular flexibility index (Phi) is 7.18. The van der Waals surface area contributed by atoms with Crippen molar-refractivity contribution in [3.05, 3.63) is 35.4 Å². The zero-order valence-electron chi connectivity index (χ0n) is 11.6. The molecule has 0 bridgehead atoms. The summed E-state index contributed by atoms with van der Waals surface area (Å²) >= 11 is 0. The molecule has 3 N–H and O–H groups in total. The number of hydrogen-bond acceptors (Lipinski definition) is 3. The van der Waals surface area contributed by atoms with Crippen LogP contribution in [0.1, 0.15) is 17.5 Å². The maximum absolute atomic E-state index is 11.8. The molecule has 0 aliphatic heterocycles. The van der Waals surface area contributed by atoms with Crippen molar-refractivity contribution in [1.82, 2.24) is 5.32 Å². The Bertz CT molecular complexity index is 433. The molecular weight excluding hydrogens is 285 g/mol. The van der Waals surface area contributed by atoms with Crippen LogP contribution in [-0.2, 0) is 22.5 Å². The van der Waals surface area contributed by atoms with Gasteiger partial charge in [0.2, 0.25) is 5.91 Å². The molecule has 118 valence electrons. The SMILES string of the molecule is NCCc1ccc(CNC(=O)CCOCC(F)(F)F)cc1. The molecule has 0 aliphatic rings. The van der Waals surface area contributed by atoms with Crippen LogP contribution in [0.25, 0.3) is 0 Å². The Hall–Kier alpha value is -1.60. The molecule has 0 radical (unpaired) electrons. The van der Waals surface area contributed by atoms with Crippen molar-refractivity contribution in [2.75, 3.05) is 19.8 Å². The third kappa shape index (κ3) is 8.31. The average molecular weight is 304 g/mol. The minimum atomic E-state index is -4.36. The molecule has 1 amide bonds. The number of alkyl halides is 3. The van der Waals surface area contributed by atoms with Gasteiger partial charge < -0.3 is 15.8 Å². The van der Waals surface area contributed by atoms with Crippen molar-refractivity contribution >= 4 is 5.91 Å². The van der Waals surface area contributed by atoms with E-state index in [4.69, 9.17) is 5.73 Å². The Labute approximate surface area is 121 Å². The second-order valence-electron chi connectivity index (χ2n) is 4.55. The highest BCUT2D eigenvalue weighted by atomic mass is 19.4. The highest BCUT2D eigenvalue weighted by Crippen LogP contribution is 2.14. The normalized spacial score (nSPS) is 11.4. The molecule has 0 spiro atoms. The Balaban J connectivity index is 2.20. The lowest BCUT2D eigenvalue weighted by atomic mass is 10.1. The topological polar surface area (TPSA) is 64.3 Å². The zero-order valence-corrected chi connectivity index (χ0v) is 11.6. The van der Waals surface area contributed by atoms with Gasteiger partial charge >= 0.3 is 6.18 Å². The summed E-state index contributed by atoms with van der Waals surface area (Å²) in [6.07, 6.45) is -3.66. The lowest BCUT2D eigenvalue weighted by molar-refractivity contribution is -0.174. The molecule has 0 saturated carbocycles. The van der Waals surface area contributed by atoms with E-state index in [9.17, 15) is 18.0 Å². The van der Waals surface area contributed by atoms with Crippen molar-refractivity contribution in [3.63, 3.8) is 0 Å². The number of ether oxygens (including phenoxy) is 1. The van der Waals surface area contributed by atoms with Crippen LogP contribution >= 0.6 is 0 Å². The number of nitrogens with two attached hydrogens (primary N) is 1. The summed E-state index contributed by atoms with van der Waals surface area (Å²) in [7, 11) is 0. The van der Waals surface area contributed by atoms with Gasteiger partial charge in [0.25, 0.3) is 0 Å². The lowest BCUT2D eigenvalue weighted by Crippen LogP contribution is -2.25. The van der Waals surface area contributed by atoms with Gasteiger partial charge in [-0.1, -0.05) is 24.3 Å². The number of carbonyl (C=O) groups excluding carboxylic acids is 1. The fourth-order valence-electron chi connectivity index (χ4n) is 1.63. The molecule has 0 saturated heterocycles. The highest BCUT2D eigenvalue weighted by Gasteiger charge is 2.27. The predicted molar refractivity (Wildman–Crippen MR) is 72.5 cm³/mol. The van der Waals surface area contributed by atoms with Crippen LogP contribution < -0.4 is 11.1 Å². The minimum absolute atomic E-state index is 0.0959. The summed E-state index contributed by atoms with van der Waals surface area (Å²) in [5.74, 6) is -0.344. The largest absolute Gasteiger partial charge is 0.411 e. The van der Waals surface area contributed by atoms with Crippen LogP contribution in [0.3, 0.4) is 0 Å². The summed E-state index contributed by atoms with van der Waals surface area (Å²) in [5, 5.41) is 2.62. The quantitative estimate of drug-likeness (QED) is 0.720. The summed E-state index contributed by atoms with van der Waals surface area (Å²) in [4.78, 5) is 11.4. The number of benzene rings is 1. The van der Waals surface area contributed by atoms with Crippen LogP contribution in [0.4, 0.5) is 13.2 Å². The second kappa shape index (κ2) is 8.63. The van der Waals surface area contributed by atoms with E-state index in [0.29, 0.717) is 13.1 Å². The van der Waals surface area contributed by atoms with Gasteiger partial charge in [-0.25, -0.2) is 0 Å². The maximum Gasteiger partial charge on any atom is 0.411 e. The molecule has 1 rings (SSSR count). The minimum Gasteiger partial charge on any atom is -0.372 e. The number of nitrogens with one attached hydrogen (secondary N) is 1. The Morgan fingerprint density at radius 3 is 2.38 bits per heavy atom. The third-order valence-corrected chi connectivity index (χ3v) is 2.68. The number of hydrogen-bond donors (Lipinski definition) is 2. The smallest absolute Gasteiger partial charge is 0.372 e. The fourth-order valence-corrected chi connectivity index (χ4v) is 1.63. The van der Waals surface area contributed by atoms with Gasteiger partial charge in [0.05, 0.1) is 6.61 Å².